The quantitative estimate of drug-likeness (QED) is 0.918. The van der Waals surface area contributed by atoms with Crippen molar-refractivity contribution in [1.82, 2.24) is 15.2 Å². The summed E-state index contributed by atoms with van der Waals surface area (Å²) in [6, 6.07) is 2.36. The van der Waals surface area contributed by atoms with Crippen LogP contribution in [0.5, 0.6) is 0 Å². The van der Waals surface area contributed by atoms with E-state index in [1.165, 1.54) is 49.4 Å². The predicted octanol–water partition coefficient (Wildman–Crippen LogP) is 2.60. The van der Waals surface area contributed by atoms with Crippen LogP contribution in [0.2, 0.25) is 0 Å². The number of rotatable bonds is 4. The number of hydrogen-bond acceptors (Lipinski definition) is 4. The van der Waals surface area contributed by atoms with Crippen LogP contribution in [0.25, 0.3) is 0 Å². The normalized spacial score (nSPS) is 31.6. The van der Waals surface area contributed by atoms with Crippen LogP contribution in [-0.4, -0.2) is 41.6 Å². The van der Waals surface area contributed by atoms with E-state index >= 15 is 0 Å². The Bertz CT molecular complexity index is 403. The summed E-state index contributed by atoms with van der Waals surface area (Å²) < 4.78 is 0. The second-order valence-electron chi connectivity index (χ2n) is 6.04. The largest absolute Gasteiger partial charge is 0.317 e. The number of fused-ring (bicyclic) bond motifs is 2. The van der Waals surface area contributed by atoms with E-state index in [1.807, 2.05) is 0 Å². The average Bonchev–Trinajstić information content (AvgIpc) is 2.81. The number of thiazole rings is 1. The first kappa shape index (κ1) is 13.5. The molecular formula is C15H25N3S. The fourth-order valence-electron chi connectivity index (χ4n) is 3.85. The van der Waals surface area contributed by atoms with Crippen molar-refractivity contribution in [1.29, 1.82) is 0 Å². The Labute approximate surface area is 120 Å². The molecule has 2 fully saturated rings. The van der Waals surface area contributed by atoms with Crippen molar-refractivity contribution < 1.29 is 0 Å². The van der Waals surface area contributed by atoms with Gasteiger partial charge >= 0.3 is 0 Å². The van der Waals surface area contributed by atoms with Gasteiger partial charge in [-0.05, 0) is 39.7 Å². The Morgan fingerprint density at radius 2 is 2.11 bits per heavy atom. The van der Waals surface area contributed by atoms with Gasteiger partial charge in [-0.15, -0.1) is 11.3 Å². The van der Waals surface area contributed by atoms with E-state index in [1.54, 1.807) is 11.3 Å². The highest BCUT2D eigenvalue weighted by atomic mass is 32.1. The molecule has 2 aliphatic heterocycles. The van der Waals surface area contributed by atoms with Gasteiger partial charge < -0.3 is 5.32 Å². The third kappa shape index (κ3) is 3.01. The van der Waals surface area contributed by atoms with E-state index in [-0.39, 0.29) is 0 Å². The predicted molar refractivity (Wildman–Crippen MR) is 80.8 cm³/mol. The SMILES string of the molecule is CNC1CC2CCCC(C1)N2CCc1csc(C)n1. The van der Waals surface area contributed by atoms with Crippen LogP contribution in [0.15, 0.2) is 5.38 Å². The van der Waals surface area contributed by atoms with Gasteiger partial charge in [0.05, 0.1) is 10.7 Å². The van der Waals surface area contributed by atoms with Gasteiger partial charge in [0.25, 0.3) is 0 Å². The molecule has 3 nitrogen and oxygen atoms in total. The minimum absolute atomic E-state index is 0.744. The van der Waals surface area contributed by atoms with Crippen molar-refractivity contribution in [3.63, 3.8) is 0 Å². The van der Waals surface area contributed by atoms with Crippen molar-refractivity contribution in [3.8, 4) is 0 Å². The van der Waals surface area contributed by atoms with Crippen LogP contribution in [-0.2, 0) is 6.42 Å². The second kappa shape index (κ2) is 5.90. The first-order valence-electron chi connectivity index (χ1n) is 7.60. The highest BCUT2D eigenvalue weighted by molar-refractivity contribution is 7.09. The molecule has 2 aliphatic rings. The van der Waals surface area contributed by atoms with Gasteiger partial charge in [-0.2, -0.15) is 0 Å². The van der Waals surface area contributed by atoms with Gasteiger partial charge in [0.2, 0.25) is 0 Å². The van der Waals surface area contributed by atoms with Gasteiger partial charge in [0.15, 0.2) is 0 Å². The summed E-state index contributed by atoms with van der Waals surface area (Å²) in [7, 11) is 2.12. The van der Waals surface area contributed by atoms with Crippen LogP contribution in [0.4, 0.5) is 0 Å². The Morgan fingerprint density at radius 1 is 1.37 bits per heavy atom. The monoisotopic (exact) mass is 279 g/mol. The fourth-order valence-corrected chi connectivity index (χ4v) is 4.49. The second-order valence-corrected chi connectivity index (χ2v) is 7.10. The number of piperidine rings is 2. The first-order chi connectivity index (χ1) is 9.26. The molecule has 0 aliphatic carbocycles. The molecule has 0 saturated carbocycles. The summed E-state index contributed by atoms with van der Waals surface area (Å²) in [5.41, 5.74) is 1.29. The summed E-state index contributed by atoms with van der Waals surface area (Å²) in [4.78, 5) is 7.38. The van der Waals surface area contributed by atoms with E-state index in [2.05, 4.69) is 34.6 Å². The molecular weight excluding hydrogens is 254 g/mol. The number of hydrogen-bond donors (Lipinski definition) is 1. The van der Waals surface area contributed by atoms with E-state index in [9.17, 15) is 0 Å². The van der Waals surface area contributed by atoms with E-state index in [0.29, 0.717) is 0 Å². The lowest BCUT2D eigenvalue weighted by atomic mass is 9.81. The smallest absolute Gasteiger partial charge is 0.0897 e. The van der Waals surface area contributed by atoms with Crippen molar-refractivity contribution in [2.24, 2.45) is 0 Å². The molecule has 2 atom stereocenters. The number of aromatic nitrogens is 1. The molecule has 4 heteroatoms. The summed E-state index contributed by atoms with van der Waals surface area (Å²) in [5, 5.41) is 6.92. The van der Waals surface area contributed by atoms with Crippen LogP contribution in [0.3, 0.4) is 0 Å². The summed E-state index contributed by atoms with van der Waals surface area (Å²) in [6.07, 6.45) is 8.02. The molecule has 0 amide bonds. The van der Waals surface area contributed by atoms with Crippen molar-refractivity contribution in [3.05, 3.63) is 16.1 Å². The minimum atomic E-state index is 0.744. The summed E-state index contributed by atoms with van der Waals surface area (Å²) in [6.45, 7) is 3.30. The first-order valence-corrected chi connectivity index (χ1v) is 8.48. The van der Waals surface area contributed by atoms with Crippen molar-refractivity contribution >= 4 is 11.3 Å². The molecule has 1 N–H and O–H groups in total. The third-order valence-electron chi connectivity index (χ3n) is 4.83. The van der Waals surface area contributed by atoms with Crippen LogP contribution < -0.4 is 5.32 Å². The molecule has 19 heavy (non-hydrogen) atoms. The lowest BCUT2D eigenvalue weighted by Crippen LogP contribution is -2.56. The molecule has 1 aromatic rings. The maximum Gasteiger partial charge on any atom is 0.0897 e. The Hall–Kier alpha value is -0.450. The van der Waals surface area contributed by atoms with Crippen LogP contribution >= 0.6 is 11.3 Å². The van der Waals surface area contributed by atoms with Gasteiger partial charge in [-0.25, -0.2) is 4.98 Å². The molecule has 2 bridgehead atoms. The molecule has 3 rings (SSSR count). The third-order valence-corrected chi connectivity index (χ3v) is 5.65. The van der Waals surface area contributed by atoms with Crippen molar-refractivity contribution in [2.75, 3.05) is 13.6 Å². The molecule has 3 heterocycles. The highest BCUT2D eigenvalue weighted by Gasteiger charge is 2.37. The number of nitrogens with zero attached hydrogens (tertiary/aromatic N) is 2. The van der Waals surface area contributed by atoms with E-state index < -0.39 is 0 Å². The Balaban J connectivity index is 1.61. The number of aryl methyl sites for hydroxylation is 1. The minimum Gasteiger partial charge on any atom is -0.317 e. The summed E-state index contributed by atoms with van der Waals surface area (Å²) in [5.74, 6) is 0. The molecule has 0 radical (unpaired) electrons. The van der Waals surface area contributed by atoms with Crippen molar-refractivity contribution in [2.45, 2.75) is 63.6 Å². The fraction of sp³-hybridized carbons (Fsp3) is 0.800. The maximum absolute atomic E-state index is 4.60. The zero-order valence-electron chi connectivity index (χ0n) is 12.1. The Morgan fingerprint density at radius 3 is 2.68 bits per heavy atom. The topological polar surface area (TPSA) is 28.2 Å². The lowest BCUT2D eigenvalue weighted by Gasteiger charge is -2.49. The molecule has 0 aromatic carbocycles. The van der Waals surface area contributed by atoms with Gasteiger partial charge in [0.1, 0.15) is 0 Å². The zero-order valence-corrected chi connectivity index (χ0v) is 12.9. The molecule has 1 aromatic heterocycles. The van der Waals surface area contributed by atoms with E-state index in [4.69, 9.17) is 0 Å². The molecule has 2 unspecified atom stereocenters. The summed E-state index contributed by atoms with van der Waals surface area (Å²) >= 11 is 1.78. The number of nitrogens with one attached hydrogen (secondary N) is 1. The molecule has 0 spiro atoms. The van der Waals surface area contributed by atoms with Gasteiger partial charge in [0, 0.05) is 36.5 Å². The van der Waals surface area contributed by atoms with Crippen LogP contribution in [0.1, 0.15) is 42.8 Å². The van der Waals surface area contributed by atoms with Gasteiger partial charge in [-0.1, -0.05) is 6.42 Å². The standard InChI is InChI=1S/C15H25N3S/c1-11-17-12(10-19-11)6-7-18-14-4-3-5-15(18)9-13(8-14)16-2/h10,13-16H,3-9H2,1-2H3. The van der Waals surface area contributed by atoms with E-state index in [0.717, 1.165) is 24.5 Å². The maximum atomic E-state index is 4.60. The van der Waals surface area contributed by atoms with Crippen LogP contribution in [0, 0.1) is 6.92 Å². The lowest BCUT2D eigenvalue weighted by molar-refractivity contribution is 0.0269. The molecule has 106 valence electrons. The zero-order chi connectivity index (χ0) is 13.2. The average molecular weight is 279 g/mol. The highest BCUT2D eigenvalue weighted by Crippen LogP contribution is 2.34. The molecule has 2 saturated heterocycles. The van der Waals surface area contributed by atoms with Gasteiger partial charge in [-0.3, -0.25) is 4.90 Å². The Kier molecular flexibility index (Phi) is 4.20.